The maximum atomic E-state index is 10.2. The number of anilines is 1. The zero-order valence-electron chi connectivity index (χ0n) is 20.3. The molecule has 1 aliphatic heterocycles. The van der Waals surface area contributed by atoms with Gasteiger partial charge >= 0.3 is 0 Å². The van der Waals surface area contributed by atoms with Crippen LogP contribution in [0.5, 0.6) is 0 Å². The van der Waals surface area contributed by atoms with E-state index >= 15 is 0 Å². The van der Waals surface area contributed by atoms with Crippen LogP contribution in [0.4, 0.5) is 5.82 Å². The third kappa shape index (κ3) is 3.98. The molecule has 1 N–H and O–H groups in total. The van der Waals surface area contributed by atoms with E-state index in [1.54, 1.807) is 0 Å². The van der Waals surface area contributed by atoms with E-state index in [0.29, 0.717) is 18.5 Å². The molecule has 1 atom stereocenters. The predicted molar refractivity (Wildman–Crippen MR) is 129 cm³/mol. The van der Waals surface area contributed by atoms with Crippen molar-refractivity contribution in [1.82, 2.24) is 24.7 Å². The fourth-order valence-electron chi connectivity index (χ4n) is 4.61. The van der Waals surface area contributed by atoms with Gasteiger partial charge in [-0.15, -0.1) is 0 Å². The minimum absolute atomic E-state index is 0.313. The van der Waals surface area contributed by atoms with Crippen LogP contribution in [0.3, 0.4) is 0 Å². The van der Waals surface area contributed by atoms with Crippen LogP contribution in [0.15, 0.2) is 12.1 Å². The standard InChI is InChI=1S/C25H36N6O/c1-7-17(8-2)31-25-22(16(6)29-31)28-23(20(9-3)26-25)19-10-11-21(15(4)5)27-24(19)30-13-12-18(32)14-30/h10-11,15,17-18,32H,7-9,12-14H2,1-6H3. The Morgan fingerprint density at radius 3 is 2.44 bits per heavy atom. The lowest BCUT2D eigenvalue weighted by Crippen LogP contribution is -2.23. The van der Waals surface area contributed by atoms with Crippen LogP contribution in [-0.2, 0) is 6.42 Å². The Morgan fingerprint density at radius 2 is 1.84 bits per heavy atom. The first-order valence-corrected chi connectivity index (χ1v) is 12.1. The molecule has 0 amide bonds. The number of nitrogens with zero attached hydrogens (tertiary/aromatic N) is 6. The van der Waals surface area contributed by atoms with Gasteiger partial charge in [0.2, 0.25) is 0 Å². The maximum Gasteiger partial charge on any atom is 0.177 e. The third-order valence-corrected chi connectivity index (χ3v) is 6.60. The van der Waals surface area contributed by atoms with Crippen LogP contribution < -0.4 is 4.90 Å². The first kappa shape index (κ1) is 22.6. The molecule has 7 heteroatoms. The third-order valence-electron chi connectivity index (χ3n) is 6.60. The molecule has 1 unspecified atom stereocenters. The lowest BCUT2D eigenvalue weighted by molar-refractivity contribution is 0.198. The number of aryl methyl sites for hydroxylation is 2. The number of rotatable bonds is 7. The number of aromatic nitrogens is 5. The smallest absolute Gasteiger partial charge is 0.177 e. The molecule has 0 saturated carbocycles. The average molecular weight is 437 g/mol. The number of fused-ring (bicyclic) bond motifs is 1. The molecule has 32 heavy (non-hydrogen) atoms. The summed E-state index contributed by atoms with van der Waals surface area (Å²) < 4.78 is 2.07. The molecule has 3 aromatic rings. The summed E-state index contributed by atoms with van der Waals surface area (Å²) >= 11 is 0. The number of hydrogen-bond acceptors (Lipinski definition) is 6. The van der Waals surface area contributed by atoms with Gasteiger partial charge in [-0.1, -0.05) is 34.6 Å². The maximum absolute atomic E-state index is 10.2. The summed E-state index contributed by atoms with van der Waals surface area (Å²) in [6.07, 6.45) is 3.25. The second kappa shape index (κ2) is 9.14. The molecule has 0 aliphatic carbocycles. The van der Waals surface area contributed by atoms with E-state index in [0.717, 1.165) is 77.5 Å². The zero-order chi connectivity index (χ0) is 23.0. The summed E-state index contributed by atoms with van der Waals surface area (Å²) in [5.41, 5.74) is 6.54. The first-order valence-electron chi connectivity index (χ1n) is 12.1. The zero-order valence-corrected chi connectivity index (χ0v) is 20.3. The number of aliphatic hydroxyl groups excluding tert-OH is 1. The highest BCUT2D eigenvalue weighted by Crippen LogP contribution is 2.35. The summed E-state index contributed by atoms with van der Waals surface area (Å²) in [6.45, 7) is 14.2. The molecular formula is C25H36N6O. The van der Waals surface area contributed by atoms with Crippen molar-refractivity contribution in [2.24, 2.45) is 0 Å². The van der Waals surface area contributed by atoms with Gasteiger partial charge in [0, 0.05) is 24.3 Å². The molecular weight excluding hydrogens is 400 g/mol. The van der Waals surface area contributed by atoms with Crippen molar-refractivity contribution >= 4 is 17.0 Å². The topological polar surface area (TPSA) is 80.0 Å². The minimum Gasteiger partial charge on any atom is -0.391 e. The van der Waals surface area contributed by atoms with Gasteiger partial charge in [-0.3, -0.25) is 0 Å². The summed E-state index contributed by atoms with van der Waals surface area (Å²) in [5, 5.41) is 15.0. The molecule has 0 spiro atoms. The highest BCUT2D eigenvalue weighted by molar-refractivity contribution is 5.82. The lowest BCUT2D eigenvalue weighted by atomic mass is 10.0. The fraction of sp³-hybridized carbons (Fsp3) is 0.600. The fourth-order valence-corrected chi connectivity index (χ4v) is 4.61. The van der Waals surface area contributed by atoms with Crippen molar-refractivity contribution in [3.63, 3.8) is 0 Å². The number of hydrogen-bond donors (Lipinski definition) is 1. The number of aliphatic hydroxyl groups is 1. The van der Waals surface area contributed by atoms with Crippen LogP contribution in [-0.4, -0.2) is 49.0 Å². The molecule has 1 saturated heterocycles. The van der Waals surface area contributed by atoms with Crippen LogP contribution in [0, 0.1) is 6.92 Å². The molecule has 1 aliphatic rings. The van der Waals surface area contributed by atoms with E-state index in [2.05, 4.69) is 56.3 Å². The van der Waals surface area contributed by atoms with Crippen molar-refractivity contribution in [1.29, 1.82) is 0 Å². The van der Waals surface area contributed by atoms with Crippen molar-refractivity contribution in [3.8, 4) is 11.3 Å². The van der Waals surface area contributed by atoms with Gasteiger partial charge in [-0.25, -0.2) is 19.6 Å². The van der Waals surface area contributed by atoms with E-state index < -0.39 is 0 Å². The predicted octanol–water partition coefficient (Wildman–Crippen LogP) is 4.81. The van der Waals surface area contributed by atoms with Crippen LogP contribution in [0.25, 0.3) is 22.4 Å². The largest absolute Gasteiger partial charge is 0.391 e. The van der Waals surface area contributed by atoms with E-state index in [-0.39, 0.29) is 6.10 Å². The molecule has 4 rings (SSSR count). The van der Waals surface area contributed by atoms with Crippen molar-refractivity contribution in [2.75, 3.05) is 18.0 Å². The molecule has 1 fully saturated rings. The Morgan fingerprint density at radius 1 is 1.09 bits per heavy atom. The van der Waals surface area contributed by atoms with E-state index in [1.165, 1.54) is 0 Å². The van der Waals surface area contributed by atoms with Crippen LogP contribution in [0.2, 0.25) is 0 Å². The molecule has 3 aromatic heterocycles. The van der Waals surface area contributed by atoms with Crippen molar-refractivity contribution < 1.29 is 5.11 Å². The van der Waals surface area contributed by atoms with Crippen molar-refractivity contribution in [3.05, 3.63) is 29.2 Å². The Bertz CT molecular complexity index is 1100. The summed E-state index contributed by atoms with van der Waals surface area (Å²) in [5.74, 6) is 1.23. The highest BCUT2D eigenvalue weighted by atomic mass is 16.3. The molecule has 7 nitrogen and oxygen atoms in total. The average Bonchev–Trinajstić information content (AvgIpc) is 3.36. The Kier molecular flexibility index (Phi) is 6.47. The van der Waals surface area contributed by atoms with Gasteiger partial charge in [0.25, 0.3) is 0 Å². The normalized spacial score (nSPS) is 16.8. The second-order valence-corrected chi connectivity index (χ2v) is 9.20. The molecule has 0 bridgehead atoms. The summed E-state index contributed by atoms with van der Waals surface area (Å²) in [6, 6.07) is 4.56. The van der Waals surface area contributed by atoms with Crippen LogP contribution in [0.1, 0.15) is 82.9 Å². The van der Waals surface area contributed by atoms with Gasteiger partial charge in [0.05, 0.1) is 29.2 Å². The molecule has 172 valence electrons. The minimum atomic E-state index is -0.313. The highest BCUT2D eigenvalue weighted by Gasteiger charge is 2.27. The van der Waals surface area contributed by atoms with E-state index in [4.69, 9.17) is 20.1 Å². The van der Waals surface area contributed by atoms with Gasteiger partial charge in [-0.05, 0) is 50.7 Å². The quantitative estimate of drug-likeness (QED) is 0.572. The monoisotopic (exact) mass is 436 g/mol. The lowest BCUT2D eigenvalue weighted by Gasteiger charge is -2.22. The van der Waals surface area contributed by atoms with E-state index in [9.17, 15) is 5.11 Å². The Labute approximate surface area is 190 Å². The molecule has 0 radical (unpaired) electrons. The Hall–Kier alpha value is -2.54. The van der Waals surface area contributed by atoms with Crippen LogP contribution >= 0.6 is 0 Å². The summed E-state index contributed by atoms with van der Waals surface area (Å²) in [7, 11) is 0. The number of β-amino-alcohol motifs (C(OH)–C–C–N with tert-alkyl or cyclic N) is 1. The van der Waals surface area contributed by atoms with Gasteiger partial charge in [0.15, 0.2) is 5.65 Å². The SMILES string of the molecule is CCc1nc2c(nc1-c1ccc(C(C)C)nc1N1CCC(O)C1)c(C)nn2C(CC)CC. The number of pyridine rings is 1. The first-order chi connectivity index (χ1) is 15.4. The Balaban J connectivity index is 1.92. The second-order valence-electron chi connectivity index (χ2n) is 9.20. The van der Waals surface area contributed by atoms with E-state index in [1.807, 2.05) is 6.92 Å². The van der Waals surface area contributed by atoms with Gasteiger partial charge < -0.3 is 10.0 Å². The van der Waals surface area contributed by atoms with Crippen molar-refractivity contribution in [2.45, 2.75) is 85.3 Å². The molecule has 0 aromatic carbocycles. The van der Waals surface area contributed by atoms with Gasteiger partial charge in [0.1, 0.15) is 11.3 Å². The van der Waals surface area contributed by atoms with Gasteiger partial charge in [-0.2, -0.15) is 5.10 Å². The summed E-state index contributed by atoms with van der Waals surface area (Å²) in [4.78, 5) is 17.4. The molecule has 4 heterocycles.